The predicted octanol–water partition coefficient (Wildman–Crippen LogP) is 0.836. The quantitative estimate of drug-likeness (QED) is 0.705. The van der Waals surface area contributed by atoms with E-state index in [2.05, 4.69) is 10.6 Å². The number of rotatable bonds is 3. The molecule has 1 heterocycles. The van der Waals surface area contributed by atoms with E-state index >= 15 is 0 Å². The summed E-state index contributed by atoms with van der Waals surface area (Å²) in [5.41, 5.74) is 7.40. The van der Waals surface area contributed by atoms with Crippen LogP contribution in [0.4, 0.5) is 5.69 Å². The maximum atomic E-state index is 11.8. The zero-order valence-electron chi connectivity index (χ0n) is 9.20. The molecule has 1 aliphatic heterocycles. The summed E-state index contributed by atoms with van der Waals surface area (Å²) in [5, 5.41) is 6.06. The molecule has 1 amide bonds. The first-order valence-electron chi connectivity index (χ1n) is 5.63. The van der Waals surface area contributed by atoms with Crippen molar-refractivity contribution in [3.05, 3.63) is 29.8 Å². The molecule has 1 aromatic rings. The van der Waals surface area contributed by atoms with Crippen molar-refractivity contribution in [2.75, 3.05) is 11.9 Å². The topological polar surface area (TPSA) is 67.1 Å². The Kier molecular flexibility index (Phi) is 3.54. The Morgan fingerprint density at radius 2 is 2.19 bits per heavy atom. The van der Waals surface area contributed by atoms with Crippen LogP contribution >= 0.6 is 0 Å². The Labute approximate surface area is 95.2 Å². The summed E-state index contributed by atoms with van der Waals surface area (Å²) in [5.74, 6) is 0.0537. The first-order valence-corrected chi connectivity index (χ1v) is 5.63. The zero-order chi connectivity index (χ0) is 11.4. The van der Waals surface area contributed by atoms with Crippen molar-refractivity contribution in [3.63, 3.8) is 0 Å². The van der Waals surface area contributed by atoms with Gasteiger partial charge < -0.3 is 16.4 Å². The molecule has 0 aromatic heterocycles. The van der Waals surface area contributed by atoms with Crippen molar-refractivity contribution < 1.29 is 4.79 Å². The summed E-state index contributed by atoms with van der Waals surface area (Å²) in [7, 11) is 0. The fourth-order valence-electron chi connectivity index (χ4n) is 1.86. The van der Waals surface area contributed by atoms with Gasteiger partial charge in [0.2, 0.25) is 5.91 Å². The van der Waals surface area contributed by atoms with Gasteiger partial charge in [-0.3, -0.25) is 4.79 Å². The Morgan fingerprint density at radius 3 is 2.75 bits per heavy atom. The van der Waals surface area contributed by atoms with E-state index in [1.54, 1.807) is 0 Å². The predicted molar refractivity (Wildman–Crippen MR) is 64.0 cm³/mol. The SMILES string of the molecule is NCc1ccc(NC(=O)C2CCCN2)cc1. The van der Waals surface area contributed by atoms with E-state index in [0.717, 1.165) is 30.6 Å². The molecule has 1 unspecified atom stereocenters. The van der Waals surface area contributed by atoms with Gasteiger partial charge in [0.1, 0.15) is 0 Å². The van der Waals surface area contributed by atoms with Crippen LogP contribution in [0.25, 0.3) is 0 Å². The second-order valence-electron chi connectivity index (χ2n) is 4.04. The molecule has 1 aromatic carbocycles. The molecule has 0 bridgehead atoms. The minimum atomic E-state index is -0.0332. The molecule has 0 aliphatic carbocycles. The smallest absolute Gasteiger partial charge is 0.241 e. The van der Waals surface area contributed by atoms with Crippen molar-refractivity contribution in [1.29, 1.82) is 0 Å². The fourth-order valence-corrected chi connectivity index (χ4v) is 1.86. The highest BCUT2D eigenvalue weighted by atomic mass is 16.2. The molecule has 0 radical (unpaired) electrons. The van der Waals surface area contributed by atoms with E-state index in [0.29, 0.717) is 6.54 Å². The Balaban J connectivity index is 1.94. The van der Waals surface area contributed by atoms with Crippen molar-refractivity contribution in [2.24, 2.45) is 5.73 Å². The van der Waals surface area contributed by atoms with Crippen molar-refractivity contribution in [1.82, 2.24) is 5.32 Å². The average Bonchev–Trinajstić information content (AvgIpc) is 2.83. The lowest BCUT2D eigenvalue weighted by Crippen LogP contribution is -2.35. The van der Waals surface area contributed by atoms with E-state index in [-0.39, 0.29) is 11.9 Å². The van der Waals surface area contributed by atoms with Gasteiger partial charge in [-0.05, 0) is 37.1 Å². The summed E-state index contributed by atoms with van der Waals surface area (Å²) in [6.07, 6.45) is 2.00. The van der Waals surface area contributed by atoms with Crippen molar-refractivity contribution in [3.8, 4) is 0 Å². The van der Waals surface area contributed by atoms with Gasteiger partial charge in [0, 0.05) is 12.2 Å². The van der Waals surface area contributed by atoms with Crippen molar-refractivity contribution >= 4 is 11.6 Å². The van der Waals surface area contributed by atoms with Gasteiger partial charge in [0.25, 0.3) is 0 Å². The van der Waals surface area contributed by atoms with Gasteiger partial charge >= 0.3 is 0 Å². The third-order valence-electron chi connectivity index (χ3n) is 2.83. The third-order valence-corrected chi connectivity index (χ3v) is 2.83. The normalized spacial score (nSPS) is 19.7. The molecule has 4 nitrogen and oxygen atoms in total. The van der Waals surface area contributed by atoms with Crippen molar-refractivity contribution in [2.45, 2.75) is 25.4 Å². The number of carbonyl (C=O) groups is 1. The van der Waals surface area contributed by atoms with Crippen LogP contribution in [-0.4, -0.2) is 18.5 Å². The highest BCUT2D eigenvalue weighted by Gasteiger charge is 2.21. The maximum absolute atomic E-state index is 11.8. The monoisotopic (exact) mass is 219 g/mol. The lowest BCUT2D eigenvalue weighted by molar-refractivity contribution is -0.117. The van der Waals surface area contributed by atoms with Crippen LogP contribution < -0.4 is 16.4 Å². The third kappa shape index (κ3) is 2.59. The first-order chi connectivity index (χ1) is 7.79. The van der Waals surface area contributed by atoms with Gasteiger partial charge in [-0.25, -0.2) is 0 Å². The number of hydrogen-bond acceptors (Lipinski definition) is 3. The van der Waals surface area contributed by atoms with E-state index in [4.69, 9.17) is 5.73 Å². The van der Waals surface area contributed by atoms with Crippen LogP contribution in [0.15, 0.2) is 24.3 Å². The molecule has 0 spiro atoms. The largest absolute Gasteiger partial charge is 0.326 e. The molecule has 0 saturated carbocycles. The molecule has 1 fully saturated rings. The standard InChI is InChI=1S/C12H17N3O/c13-8-9-3-5-10(6-4-9)15-12(16)11-2-1-7-14-11/h3-6,11,14H,1-2,7-8,13H2,(H,15,16). The molecule has 16 heavy (non-hydrogen) atoms. The van der Waals surface area contributed by atoms with Gasteiger partial charge in [0.05, 0.1) is 6.04 Å². The van der Waals surface area contributed by atoms with Gasteiger partial charge in [-0.15, -0.1) is 0 Å². The van der Waals surface area contributed by atoms with Gasteiger partial charge in [0.15, 0.2) is 0 Å². The lowest BCUT2D eigenvalue weighted by atomic mass is 10.2. The minimum Gasteiger partial charge on any atom is -0.326 e. The van der Waals surface area contributed by atoms with E-state index in [1.807, 2.05) is 24.3 Å². The number of carbonyl (C=O) groups excluding carboxylic acids is 1. The number of nitrogens with two attached hydrogens (primary N) is 1. The van der Waals surface area contributed by atoms with E-state index < -0.39 is 0 Å². The number of amides is 1. The van der Waals surface area contributed by atoms with Crippen LogP contribution in [0.2, 0.25) is 0 Å². The molecule has 4 heteroatoms. The molecule has 4 N–H and O–H groups in total. The fraction of sp³-hybridized carbons (Fsp3) is 0.417. The number of anilines is 1. The minimum absolute atomic E-state index is 0.0332. The molecule has 86 valence electrons. The first kappa shape index (κ1) is 11.1. The summed E-state index contributed by atoms with van der Waals surface area (Å²) < 4.78 is 0. The molecular formula is C12H17N3O. The van der Waals surface area contributed by atoms with Crippen LogP contribution in [0, 0.1) is 0 Å². The van der Waals surface area contributed by atoms with E-state index in [9.17, 15) is 4.79 Å². The van der Waals surface area contributed by atoms with Gasteiger partial charge in [-0.2, -0.15) is 0 Å². The number of benzene rings is 1. The molecule has 1 saturated heterocycles. The highest BCUT2D eigenvalue weighted by molar-refractivity contribution is 5.94. The summed E-state index contributed by atoms with van der Waals surface area (Å²) >= 11 is 0. The summed E-state index contributed by atoms with van der Waals surface area (Å²) in [4.78, 5) is 11.8. The van der Waals surface area contributed by atoms with E-state index in [1.165, 1.54) is 0 Å². The molecule has 1 aliphatic rings. The molecular weight excluding hydrogens is 202 g/mol. The maximum Gasteiger partial charge on any atom is 0.241 e. The zero-order valence-corrected chi connectivity index (χ0v) is 9.20. The second-order valence-corrected chi connectivity index (χ2v) is 4.04. The second kappa shape index (κ2) is 5.09. The summed E-state index contributed by atoms with van der Waals surface area (Å²) in [6, 6.07) is 7.59. The van der Waals surface area contributed by atoms with Gasteiger partial charge in [-0.1, -0.05) is 12.1 Å². The van der Waals surface area contributed by atoms with Crippen LogP contribution in [0.5, 0.6) is 0 Å². The average molecular weight is 219 g/mol. The van der Waals surface area contributed by atoms with Crippen LogP contribution in [0.3, 0.4) is 0 Å². The van der Waals surface area contributed by atoms with Crippen LogP contribution in [0.1, 0.15) is 18.4 Å². The Morgan fingerprint density at radius 1 is 1.44 bits per heavy atom. The van der Waals surface area contributed by atoms with Crippen LogP contribution in [-0.2, 0) is 11.3 Å². The molecule has 2 rings (SSSR count). The summed E-state index contributed by atoms with van der Waals surface area (Å²) in [6.45, 7) is 1.46. The lowest BCUT2D eigenvalue weighted by Gasteiger charge is -2.11. The number of nitrogens with one attached hydrogen (secondary N) is 2. The highest BCUT2D eigenvalue weighted by Crippen LogP contribution is 2.12. The Bertz CT molecular complexity index is 355. The Hall–Kier alpha value is -1.39. The number of hydrogen-bond donors (Lipinski definition) is 3. The molecule has 1 atom stereocenters.